The van der Waals surface area contributed by atoms with Crippen molar-refractivity contribution in [3.05, 3.63) is 29.8 Å². The Morgan fingerprint density at radius 3 is 2.30 bits per heavy atom. The van der Waals surface area contributed by atoms with Crippen LogP contribution in [0.15, 0.2) is 29.3 Å². The van der Waals surface area contributed by atoms with Crippen LogP contribution in [0.5, 0.6) is 5.75 Å². The van der Waals surface area contributed by atoms with Crippen molar-refractivity contribution in [3.63, 3.8) is 0 Å². The van der Waals surface area contributed by atoms with E-state index >= 15 is 0 Å². The third-order valence-corrected chi connectivity index (χ3v) is 5.12. The van der Waals surface area contributed by atoms with Crippen molar-refractivity contribution >= 4 is 29.9 Å². The second kappa shape index (κ2) is 14.1. The summed E-state index contributed by atoms with van der Waals surface area (Å²) in [6, 6.07) is 8.01. The molecular weight excluding hydrogens is 493 g/mol. The predicted molar refractivity (Wildman–Crippen MR) is 135 cm³/mol. The summed E-state index contributed by atoms with van der Waals surface area (Å²) in [5.41, 5.74) is 0.857. The van der Waals surface area contributed by atoms with Gasteiger partial charge in [-0.3, -0.25) is 9.89 Å². The van der Waals surface area contributed by atoms with Crippen LogP contribution in [0, 0.1) is 0 Å². The number of benzene rings is 1. The maximum atomic E-state index is 10.5. The highest BCUT2D eigenvalue weighted by molar-refractivity contribution is 14.0. The summed E-state index contributed by atoms with van der Waals surface area (Å²) < 4.78 is 5.66. The molecule has 1 saturated heterocycles. The van der Waals surface area contributed by atoms with Crippen LogP contribution in [0.1, 0.15) is 39.4 Å². The van der Waals surface area contributed by atoms with Gasteiger partial charge in [-0.05, 0) is 52.4 Å². The van der Waals surface area contributed by atoms with Crippen molar-refractivity contribution in [3.8, 4) is 5.75 Å². The lowest BCUT2D eigenvalue weighted by Gasteiger charge is -2.35. The molecule has 0 spiro atoms. The second-order valence-electron chi connectivity index (χ2n) is 8.04. The fraction of sp³-hybridized carbons (Fsp3) is 0.682. The molecule has 30 heavy (non-hydrogen) atoms. The van der Waals surface area contributed by atoms with E-state index in [1.165, 1.54) is 0 Å². The molecule has 1 heterocycles. The summed E-state index contributed by atoms with van der Waals surface area (Å²) in [6.45, 7) is 14.6. The second-order valence-corrected chi connectivity index (χ2v) is 8.04. The van der Waals surface area contributed by atoms with Gasteiger partial charge in [0.15, 0.2) is 5.96 Å². The largest absolute Gasteiger partial charge is 0.491 e. The summed E-state index contributed by atoms with van der Waals surface area (Å²) in [5.74, 6) is 1.56. The van der Waals surface area contributed by atoms with Crippen LogP contribution in [0.2, 0.25) is 0 Å². The highest BCUT2D eigenvalue weighted by Crippen LogP contribution is 2.18. The summed E-state index contributed by atoms with van der Waals surface area (Å²) >= 11 is 0. The van der Waals surface area contributed by atoms with E-state index in [1.807, 2.05) is 45.0 Å². The van der Waals surface area contributed by atoms with Crippen molar-refractivity contribution in [1.29, 1.82) is 0 Å². The van der Waals surface area contributed by atoms with Crippen LogP contribution in [-0.2, 0) is 0 Å². The van der Waals surface area contributed by atoms with E-state index in [0.29, 0.717) is 12.6 Å². The smallest absolute Gasteiger partial charge is 0.191 e. The number of rotatable bonds is 9. The molecule has 2 unspecified atom stereocenters. The van der Waals surface area contributed by atoms with Crippen LogP contribution in [0.3, 0.4) is 0 Å². The van der Waals surface area contributed by atoms with E-state index in [4.69, 9.17) is 9.73 Å². The zero-order valence-electron chi connectivity index (χ0n) is 19.1. The molecule has 172 valence electrons. The van der Waals surface area contributed by atoms with E-state index in [-0.39, 0.29) is 30.1 Å². The van der Waals surface area contributed by atoms with E-state index < -0.39 is 6.10 Å². The zero-order valence-corrected chi connectivity index (χ0v) is 21.4. The van der Waals surface area contributed by atoms with Gasteiger partial charge in [0.1, 0.15) is 5.75 Å². The molecule has 8 heteroatoms. The summed E-state index contributed by atoms with van der Waals surface area (Å²) in [7, 11) is 2.17. The molecule has 3 N–H and O–H groups in total. The Morgan fingerprint density at radius 1 is 1.10 bits per heavy atom. The van der Waals surface area contributed by atoms with Crippen LogP contribution >= 0.6 is 24.0 Å². The molecule has 0 bridgehead atoms. The lowest BCUT2D eigenvalue weighted by atomic mass is 10.1. The number of nitrogens with zero attached hydrogens (tertiary/aromatic N) is 3. The topological polar surface area (TPSA) is 72.4 Å². The molecule has 1 aromatic rings. The Balaban J connectivity index is 0.00000450. The van der Waals surface area contributed by atoms with Crippen molar-refractivity contribution in [2.24, 2.45) is 4.99 Å². The Bertz CT molecular complexity index is 618. The van der Waals surface area contributed by atoms with Gasteiger partial charge in [-0.25, -0.2) is 0 Å². The Labute approximate surface area is 199 Å². The quantitative estimate of drug-likeness (QED) is 0.257. The molecule has 1 aliphatic rings. The Morgan fingerprint density at radius 2 is 1.73 bits per heavy atom. The number of nitrogens with one attached hydrogen (secondary N) is 2. The summed E-state index contributed by atoms with van der Waals surface area (Å²) in [4.78, 5) is 9.58. The standard InChI is InChI=1S/C22H39N5O2.HI/c1-6-23-22(24-15-18(4)27-13-11-26(5)12-14-27)25-16-21(28)19-7-9-20(10-8-19)29-17(2)3;/h7-10,17-18,21,28H,6,11-16H2,1-5H3,(H2,23,24,25);1H. The summed E-state index contributed by atoms with van der Waals surface area (Å²) in [5, 5.41) is 17.0. The fourth-order valence-electron chi connectivity index (χ4n) is 3.30. The van der Waals surface area contributed by atoms with E-state index in [9.17, 15) is 5.11 Å². The van der Waals surface area contributed by atoms with Crippen LogP contribution in [0.25, 0.3) is 0 Å². The lowest BCUT2D eigenvalue weighted by molar-refractivity contribution is 0.122. The number of piperazine rings is 1. The average Bonchev–Trinajstić information content (AvgIpc) is 2.70. The van der Waals surface area contributed by atoms with Crippen LogP contribution in [0.4, 0.5) is 0 Å². The predicted octanol–water partition coefficient (Wildman–Crippen LogP) is 2.32. The molecule has 7 nitrogen and oxygen atoms in total. The van der Waals surface area contributed by atoms with Gasteiger partial charge in [0.05, 0.1) is 18.8 Å². The minimum absolute atomic E-state index is 0. The van der Waals surface area contributed by atoms with E-state index in [2.05, 4.69) is 34.4 Å². The van der Waals surface area contributed by atoms with Gasteiger partial charge in [0.2, 0.25) is 0 Å². The first-order valence-electron chi connectivity index (χ1n) is 10.8. The van der Waals surface area contributed by atoms with E-state index in [0.717, 1.165) is 56.5 Å². The SMILES string of the molecule is CCNC(=NCC(C)N1CCN(C)CC1)NCC(O)c1ccc(OC(C)C)cc1.I. The third-order valence-electron chi connectivity index (χ3n) is 5.12. The van der Waals surface area contributed by atoms with Gasteiger partial charge in [-0.15, -0.1) is 24.0 Å². The number of halogens is 1. The Hall–Kier alpha value is -1.10. The molecule has 1 aromatic carbocycles. The molecule has 0 amide bonds. The van der Waals surface area contributed by atoms with Gasteiger partial charge in [0, 0.05) is 45.3 Å². The van der Waals surface area contributed by atoms with E-state index in [1.54, 1.807) is 0 Å². The van der Waals surface area contributed by atoms with Gasteiger partial charge in [0.25, 0.3) is 0 Å². The van der Waals surface area contributed by atoms with Crippen LogP contribution < -0.4 is 15.4 Å². The highest BCUT2D eigenvalue weighted by Gasteiger charge is 2.19. The zero-order chi connectivity index (χ0) is 21.2. The number of guanidine groups is 1. The normalized spacial score (nSPS) is 17.9. The molecule has 0 saturated carbocycles. The first-order valence-corrected chi connectivity index (χ1v) is 10.8. The maximum absolute atomic E-state index is 10.5. The maximum Gasteiger partial charge on any atom is 0.191 e. The summed E-state index contributed by atoms with van der Waals surface area (Å²) in [6.07, 6.45) is -0.471. The number of aliphatic imine (C=N–C) groups is 1. The van der Waals surface area contributed by atoms with Gasteiger partial charge in [-0.1, -0.05) is 12.1 Å². The van der Waals surface area contributed by atoms with Crippen molar-refractivity contribution in [2.75, 3.05) is 52.9 Å². The Kier molecular flexibility index (Phi) is 12.6. The third kappa shape index (κ3) is 9.36. The molecular formula is C22H40IN5O2. The highest BCUT2D eigenvalue weighted by atomic mass is 127. The lowest BCUT2D eigenvalue weighted by Crippen LogP contribution is -2.49. The van der Waals surface area contributed by atoms with Gasteiger partial charge >= 0.3 is 0 Å². The van der Waals surface area contributed by atoms with Crippen LogP contribution in [-0.4, -0.2) is 85.9 Å². The molecule has 2 rings (SSSR count). The number of hydrogen-bond donors (Lipinski definition) is 3. The van der Waals surface area contributed by atoms with Crippen molar-refractivity contribution in [2.45, 2.75) is 45.9 Å². The first-order chi connectivity index (χ1) is 13.9. The number of aliphatic hydroxyl groups is 1. The van der Waals surface area contributed by atoms with Crippen molar-refractivity contribution in [1.82, 2.24) is 20.4 Å². The molecule has 0 aliphatic carbocycles. The minimum atomic E-state index is -0.609. The van der Waals surface area contributed by atoms with Gasteiger partial charge < -0.3 is 25.4 Å². The number of aliphatic hydroxyl groups excluding tert-OH is 1. The number of ether oxygens (including phenoxy) is 1. The minimum Gasteiger partial charge on any atom is -0.491 e. The molecule has 2 atom stereocenters. The average molecular weight is 533 g/mol. The van der Waals surface area contributed by atoms with Gasteiger partial charge in [-0.2, -0.15) is 0 Å². The van der Waals surface area contributed by atoms with Crippen molar-refractivity contribution < 1.29 is 9.84 Å². The first kappa shape index (κ1) is 26.9. The number of likely N-dealkylation sites (N-methyl/N-ethyl adjacent to an activating group) is 1. The fourth-order valence-corrected chi connectivity index (χ4v) is 3.30. The monoisotopic (exact) mass is 533 g/mol. The molecule has 1 fully saturated rings. The molecule has 0 radical (unpaired) electrons. The number of hydrogen-bond acceptors (Lipinski definition) is 5. The molecule has 1 aliphatic heterocycles. The molecule has 0 aromatic heterocycles.